The van der Waals surface area contributed by atoms with E-state index < -0.39 is 0 Å². The summed E-state index contributed by atoms with van der Waals surface area (Å²) in [5.41, 5.74) is 2.32. The molecule has 0 amide bonds. The van der Waals surface area contributed by atoms with Crippen LogP contribution in [0, 0.1) is 0 Å². The summed E-state index contributed by atoms with van der Waals surface area (Å²) in [6.45, 7) is 7.29. The van der Waals surface area contributed by atoms with Gasteiger partial charge in [-0.1, -0.05) is 36.7 Å². The number of hydrogen-bond acceptors (Lipinski definition) is 2. The van der Waals surface area contributed by atoms with Crippen LogP contribution in [-0.2, 0) is 6.42 Å². The van der Waals surface area contributed by atoms with Crippen LogP contribution in [0.2, 0.25) is 5.02 Å². The largest absolute Gasteiger partial charge is 0.309 e. The van der Waals surface area contributed by atoms with Gasteiger partial charge in [0.1, 0.15) is 0 Å². The van der Waals surface area contributed by atoms with Gasteiger partial charge in [-0.15, -0.1) is 0 Å². The Morgan fingerprint density at radius 2 is 2.05 bits per heavy atom. The summed E-state index contributed by atoms with van der Waals surface area (Å²) in [6, 6.07) is 8.50. The van der Waals surface area contributed by atoms with Gasteiger partial charge in [0.25, 0.3) is 0 Å². The molecule has 1 aromatic carbocycles. The van der Waals surface area contributed by atoms with Gasteiger partial charge in [-0.3, -0.25) is 4.68 Å². The Balaban J connectivity index is 2.36. The lowest BCUT2D eigenvalue weighted by Gasteiger charge is -2.22. The van der Waals surface area contributed by atoms with Crippen molar-refractivity contribution in [2.24, 2.45) is 0 Å². The van der Waals surface area contributed by atoms with Crippen molar-refractivity contribution in [2.45, 2.75) is 39.3 Å². The molecule has 0 aliphatic rings. The van der Waals surface area contributed by atoms with Crippen LogP contribution in [-0.4, -0.2) is 16.3 Å². The van der Waals surface area contributed by atoms with Crippen LogP contribution < -0.4 is 5.32 Å². The van der Waals surface area contributed by atoms with Crippen LogP contribution in [0.3, 0.4) is 0 Å². The molecule has 0 saturated heterocycles. The summed E-state index contributed by atoms with van der Waals surface area (Å²) in [7, 11) is 0. The number of hydrogen-bond donors (Lipinski definition) is 1. The zero-order valence-corrected chi connectivity index (χ0v) is 14.9. The van der Waals surface area contributed by atoms with Gasteiger partial charge in [-0.25, -0.2) is 0 Å². The van der Waals surface area contributed by atoms with Gasteiger partial charge < -0.3 is 5.32 Å². The SMILES string of the molecule is CCNC(Cc1ccccc1Cl)c1c(Br)cnn1C(C)C. The molecule has 0 aliphatic carbocycles. The maximum absolute atomic E-state index is 6.31. The minimum absolute atomic E-state index is 0.175. The molecule has 0 saturated carbocycles. The molecular weight excluding hydrogens is 350 g/mol. The van der Waals surface area contributed by atoms with Crippen molar-refractivity contribution >= 4 is 27.5 Å². The monoisotopic (exact) mass is 369 g/mol. The highest BCUT2D eigenvalue weighted by Crippen LogP contribution is 2.30. The summed E-state index contributed by atoms with van der Waals surface area (Å²) in [4.78, 5) is 0. The minimum atomic E-state index is 0.175. The first-order valence-electron chi connectivity index (χ1n) is 7.24. The van der Waals surface area contributed by atoms with Gasteiger partial charge in [0.15, 0.2) is 0 Å². The molecule has 1 N–H and O–H groups in total. The molecule has 21 heavy (non-hydrogen) atoms. The topological polar surface area (TPSA) is 29.9 Å². The first-order chi connectivity index (χ1) is 10.0. The van der Waals surface area contributed by atoms with Gasteiger partial charge in [-0.05, 0) is 54.4 Å². The predicted molar refractivity (Wildman–Crippen MR) is 91.9 cm³/mol. The maximum Gasteiger partial charge on any atom is 0.0702 e. The van der Waals surface area contributed by atoms with E-state index in [1.165, 1.54) is 5.69 Å². The number of halogens is 2. The molecule has 1 heterocycles. The fourth-order valence-electron chi connectivity index (χ4n) is 2.48. The lowest BCUT2D eigenvalue weighted by atomic mass is 10.0. The third kappa shape index (κ3) is 3.87. The van der Waals surface area contributed by atoms with E-state index in [1.54, 1.807) is 0 Å². The zero-order chi connectivity index (χ0) is 15.4. The molecule has 2 aromatic rings. The van der Waals surface area contributed by atoms with E-state index in [-0.39, 0.29) is 6.04 Å². The lowest BCUT2D eigenvalue weighted by molar-refractivity contribution is 0.447. The van der Waals surface area contributed by atoms with E-state index in [0.717, 1.165) is 28.0 Å². The Morgan fingerprint density at radius 3 is 2.67 bits per heavy atom. The van der Waals surface area contributed by atoms with Crippen molar-refractivity contribution in [3.63, 3.8) is 0 Å². The van der Waals surface area contributed by atoms with Gasteiger partial charge in [-0.2, -0.15) is 5.10 Å². The third-order valence-corrected chi connectivity index (χ3v) is 4.42. The Bertz CT molecular complexity index is 595. The molecule has 2 rings (SSSR count). The van der Waals surface area contributed by atoms with Crippen molar-refractivity contribution in [2.75, 3.05) is 6.54 Å². The minimum Gasteiger partial charge on any atom is -0.309 e. The van der Waals surface area contributed by atoms with Crippen molar-refractivity contribution in [3.8, 4) is 0 Å². The smallest absolute Gasteiger partial charge is 0.0702 e. The maximum atomic E-state index is 6.31. The fraction of sp³-hybridized carbons (Fsp3) is 0.438. The number of aromatic nitrogens is 2. The molecule has 0 fully saturated rings. The standard InChI is InChI=1S/C16H21BrClN3/c1-4-19-15(9-12-7-5-6-8-14(12)18)16-13(17)10-20-21(16)11(2)3/h5-8,10-11,15,19H,4,9H2,1-3H3. The van der Waals surface area contributed by atoms with Crippen molar-refractivity contribution in [1.82, 2.24) is 15.1 Å². The number of nitrogens with one attached hydrogen (secondary N) is 1. The molecule has 0 bridgehead atoms. The highest BCUT2D eigenvalue weighted by atomic mass is 79.9. The molecule has 5 heteroatoms. The molecule has 1 unspecified atom stereocenters. The summed E-state index contributed by atoms with van der Waals surface area (Å²) < 4.78 is 3.10. The lowest BCUT2D eigenvalue weighted by Crippen LogP contribution is -2.26. The number of rotatable bonds is 6. The van der Waals surface area contributed by atoms with E-state index in [9.17, 15) is 0 Å². The Morgan fingerprint density at radius 1 is 1.33 bits per heavy atom. The number of benzene rings is 1. The van der Waals surface area contributed by atoms with Crippen molar-refractivity contribution in [1.29, 1.82) is 0 Å². The van der Waals surface area contributed by atoms with E-state index in [1.807, 2.05) is 24.4 Å². The quantitative estimate of drug-likeness (QED) is 0.793. The number of likely N-dealkylation sites (N-methyl/N-ethyl adjacent to an activating group) is 1. The molecule has 3 nitrogen and oxygen atoms in total. The van der Waals surface area contributed by atoms with Crippen LogP contribution >= 0.6 is 27.5 Å². The molecule has 1 atom stereocenters. The predicted octanol–water partition coefficient (Wildman–Crippen LogP) is 4.77. The highest BCUT2D eigenvalue weighted by molar-refractivity contribution is 9.10. The van der Waals surface area contributed by atoms with Crippen LogP contribution in [0.15, 0.2) is 34.9 Å². The second-order valence-corrected chi connectivity index (χ2v) is 6.58. The Kier molecular flexibility index (Phi) is 5.85. The molecular formula is C16H21BrClN3. The summed E-state index contributed by atoms with van der Waals surface area (Å²) in [5, 5.41) is 8.84. The summed E-state index contributed by atoms with van der Waals surface area (Å²) >= 11 is 9.94. The molecule has 114 valence electrons. The van der Waals surface area contributed by atoms with Gasteiger partial charge >= 0.3 is 0 Å². The first-order valence-corrected chi connectivity index (χ1v) is 8.41. The van der Waals surface area contributed by atoms with E-state index in [2.05, 4.69) is 57.9 Å². The third-order valence-electron chi connectivity index (χ3n) is 3.44. The van der Waals surface area contributed by atoms with Crippen LogP contribution in [0.5, 0.6) is 0 Å². The second kappa shape index (κ2) is 7.43. The van der Waals surface area contributed by atoms with Gasteiger partial charge in [0, 0.05) is 11.1 Å². The first kappa shape index (κ1) is 16.5. The molecule has 1 aromatic heterocycles. The fourth-order valence-corrected chi connectivity index (χ4v) is 3.25. The van der Waals surface area contributed by atoms with Crippen LogP contribution in [0.25, 0.3) is 0 Å². The van der Waals surface area contributed by atoms with E-state index in [4.69, 9.17) is 11.6 Å². The van der Waals surface area contributed by atoms with Gasteiger partial charge in [0.2, 0.25) is 0 Å². The average molecular weight is 371 g/mol. The molecule has 0 spiro atoms. The normalized spacial score (nSPS) is 12.9. The number of nitrogens with zero attached hydrogens (tertiary/aromatic N) is 2. The molecule has 0 aliphatic heterocycles. The van der Waals surface area contributed by atoms with E-state index in [0.29, 0.717) is 6.04 Å². The van der Waals surface area contributed by atoms with Crippen molar-refractivity contribution in [3.05, 3.63) is 51.2 Å². The Labute approximate surface area is 139 Å². The van der Waals surface area contributed by atoms with E-state index >= 15 is 0 Å². The van der Waals surface area contributed by atoms with Crippen LogP contribution in [0.1, 0.15) is 44.1 Å². The summed E-state index contributed by atoms with van der Waals surface area (Å²) in [6.07, 6.45) is 2.71. The van der Waals surface area contributed by atoms with Gasteiger partial charge in [0.05, 0.1) is 22.4 Å². The Hall–Kier alpha value is -0.840. The summed E-state index contributed by atoms with van der Waals surface area (Å²) in [5.74, 6) is 0. The molecule has 0 radical (unpaired) electrons. The van der Waals surface area contributed by atoms with Crippen LogP contribution in [0.4, 0.5) is 0 Å². The second-order valence-electron chi connectivity index (χ2n) is 5.32. The zero-order valence-electron chi connectivity index (χ0n) is 12.6. The van der Waals surface area contributed by atoms with Crippen molar-refractivity contribution < 1.29 is 0 Å². The highest BCUT2D eigenvalue weighted by Gasteiger charge is 2.21. The average Bonchev–Trinajstić information content (AvgIpc) is 2.82.